The average molecular weight is 311 g/mol. The smallest absolute Gasteiger partial charge is 0.253 e. The van der Waals surface area contributed by atoms with Gasteiger partial charge in [-0.1, -0.05) is 11.6 Å². The van der Waals surface area contributed by atoms with E-state index in [1.165, 1.54) is 0 Å². The Morgan fingerprint density at radius 3 is 2.52 bits per heavy atom. The number of amides is 2. The average Bonchev–Trinajstić information content (AvgIpc) is 2.50. The Labute approximate surface area is 128 Å². The van der Waals surface area contributed by atoms with Crippen LogP contribution >= 0.6 is 11.6 Å². The summed E-state index contributed by atoms with van der Waals surface area (Å²) in [6.07, 6.45) is 0. The number of nitrogen functional groups attached to an aromatic ring is 1. The normalized spacial score (nSPS) is 15.8. The first-order chi connectivity index (χ1) is 10.0. The number of hydrogen-bond acceptors (Lipinski definition) is 4. The van der Waals surface area contributed by atoms with E-state index in [-0.39, 0.29) is 11.8 Å². The van der Waals surface area contributed by atoms with Crippen LogP contribution in [0.5, 0.6) is 0 Å². The lowest BCUT2D eigenvalue weighted by molar-refractivity contribution is -0.122. The van der Waals surface area contributed by atoms with Gasteiger partial charge in [0.1, 0.15) is 0 Å². The summed E-state index contributed by atoms with van der Waals surface area (Å²) in [5.74, 6) is -0.0726. The fourth-order valence-electron chi connectivity index (χ4n) is 2.23. The quantitative estimate of drug-likeness (QED) is 0.793. The van der Waals surface area contributed by atoms with Crippen LogP contribution in [0.25, 0.3) is 0 Å². The third-order valence-electron chi connectivity index (χ3n) is 3.55. The summed E-state index contributed by atoms with van der Waals surface area (Å²) in [7, 11) is 1.62. The zero-order chi connectivity index (χ0) is 15.4. The Morgan fingerprint density at radius 1 is 1.29 bits per heavy atom. The second-order valence-corrected chi connectivity index (χ2v) is 5.39. The Bertz CT molecular complexity index is 542. The molecule has 0 bridgehead atoms. The van der Waals surface area contributed by atoms with Crippen molar-refractivity contribution in [3.8, 4) is 0 Å². The highest BCUT2D eigenvalue weighted by atomic mass is 35.5. The standard InChI is InChI=1S/C14H19ClN4O2/c1-17-13(20)9-18-4-6-19(7-5-18)14(21)10-2-3-12(16)11(15)8-10/h2-3,8H,4-7,9,16H2,1H3,(H,17,20). The van der Waals surface area contributed by atoms with Crippen molar-refractivity contribution in [2.75, 3.05) is 45.5 Å². The highest BCUT2D eigenvalue weighted by Crippen LogP contribution is 2.21. The molecule has 0 aromatic heterocycles. The van der Waals surface area contributed by atoms with E-state index in [1.807, 2.05) is 4.90 Å². The van der Waals surface area contributed by atoms with Crippen LogP contribution in [0.3, 0.4) is 0 Å². The minimum atomic E-state index is -0.0588. The van der Waals surface area contributed by atoms with Crippen LogP contribution in [0.4, 0.5) is 5.69 Å². The summed E-state index contributed by atoms with van der Waals surface area (Å²) in [6, 6.07) is 4.91. The molecule has 0 atom stereocenters. The first-order valence-corrected chi connectivity index (χ1v) is 7.16. The predicted octanol–water partition coefficient (Wildman–Crippen LogP) is 0.426. The Morgan fingerprint density at radius 2 is 1.95 bits per heavy atom. The van der Waals surface area contributed by atoms with Crippen LogP contribution in [-0.4, -0.2) is 61.4 Å². The third-order valence-corrected chi connectivity index (χ3v) is 3.88. The summed E-state index contributed by atoms with van der Waals surface area (Å²) in [6.45, 7) is 2.92. The molecule has 1 aromatic carbocycles. The molecule has 21 heavy (non-hydrogen) atoms. The molecule has 1 aliphatic heterocycles. The molecule has 3 N–H and O–H groups in total. The van der Waals surface area contributed by atoms with Crippen LogP contribution in [0.1, 0.15) is 10.4 Å². The molecule has 114 valence electrons. The molecule has 1 aliphatic rings. The molecule has 0 saturated carbocycles. The molecule has 1 saturated heterocycles. The van der Waals surface area contributed by atoms with Crippen molar-refractivity contribution >= 4 is 29.1 Å². The van der Waals surface area contributed by atoms with Crippen LogP contribution in [0.2, 0.25) is 5.02 Å². The minimum absolute atomic E-state index is 0.0138. The van der Waals surface area contributed by atoms with E-state index in [1.54, 1.807) is 30.1 Å². The third kappa shape index (κ3) is 3.86. The Hall–Kier alpha value is -1.79. The van der Waals surface area contributed by atoms with Gasteiger partial charge in [0, 0.05) is 38.8 Å². The maximum absolute atomic E-state index is 12.4. The zero-order valence-corrected chi connectivity index (χ0v) is 12.7. The number of benzene rings is 1. The van der Waals surface area contributed by atoms with E-state index >= 15 is 0 Å². The van der Waals surface area contributed by atoms with Crippen molar-refractivity contribution in [1.29, 1.82) is 0 Å². The van der Waals surface area contributed by atoms with Gasteiger partial charge in [0.15, 0.2) is 0 Å². The number of rotatable bonds is 3. The molecule has 1 fully saturated rings. The molecule has 2 amide bonds. The van der Waals surface area contributed by atoms with Gasteiger partial charge in [0.25, 0.3) is 5.91 Å². The fourth-order valence-corrected chi connectivity index (χ4v) is 2.41. The lowest BCUT2D eigenvalue weighted by atomic mass is 10.1. The molecule has 2 rings (SSSR count). The van der Waals surface area contributed by atoms with E-state index < -0.39 is 0 Å². The molecule has 0 radical (unpaired) electrons. The van der Waals surface area contributed by atoms with Crippen LogP contribution in [-0.2, 0) is 4.79 Å². The van der Waals surface area contributed by atoms with Gasteiger partial charge in [0.2, 0.25) is 5.91 Å². The molecular weight excluding hydrogens is 292 g/mol. The van der Waals surface area contributed by atoms with E-state index in [2.05, 4.69) is 5.32 Å². The van der Waals surface area contributed by atoms with Crippen LogP contribution in [0, 0.1) is 0 Å². The summed E-state index contributed by atoms with van der Waals surface area (Å²) >= 11 is 5.94. The molecule has 0 unspecified atom stereocenters. The van der Waals surface area contributed by atoms with Crippen LogP contribution in [0.15, 0.2) is 18.2 Å². The number of nitrogens with two attached hydrogens (primary N) is 1. The largest absolute Gasteiger partial charge is 0.398 e. The Balaban J connectivity index is 1.93. The lowest BCUT2D eigenvalue weighted by Gasteiger charge is -2.34. The van der Waals surface area contributed by atoms with Gasteiger partial charge in [-0.2, -0.15) is 0 Å². The van der Waals surface area contributed by atoms with Crippen LogP contribution < -0.4 is 11.1 Å². The minimum Gasteiger partial charge on any atom is -0.398 e. The highest BCUT2D eigenvalue weighted by Gasteiger charge is 2.23. The van der Waals surface area contributed by atoms with Gasteiger partial charge >= 0.3 is 0 Å². The molecule has 1 heterocycles. The highest BCUT2D eigenvalue weighted by molar-refractivity contribution is 6.33. The summed E-state index contributed by atoms with van der Waals surface area (Å²) in [5.41, 5.74) is 6.64. The van der Waals surface area contributed by atoms with E-state index in [0.717, 1.165) is 0 Å². The fraction of sp³-hybridized carbons (Fsp3) is 0.429. The summed E-state index contributed by atoms with van der Waals surface area (Å²) < 4.78 is 0. The second kappa shape index (κ2) is 6.78. The van der Waals surface area contributed by atoms with Gasteiger partial charge in [-0.05, 0) is 18.2 Å². The number of carbonyl (C=O) groups is 2. The van der Waals surface area contributed by atoms with Gasteiger partial charge < -0.3 is 16.0 Å². The van der Waals surface area contributed by atoms with Crippen molar-refractivity contribution in [3.05, 3.63) is 28.8 Å². The van der Waals surface area contributed by atoms with Crippen molar-refractivity contribution in [1.82, 2.24) is 15.1 Å². The molecular formula is C14H19ClN4O2. The maximum atomic E-state index is 12.4. The number of nitrogens with one attached hydrogen (secondary N) is 1. The number of nitrogens with zero attached hydrogens (tertiary/aromatic N) is 2. The predicted molar refractivity (Wildman–Crippen MR) is 82.3 cm³/mol. The van der Waals surface area contributed by atoms with E-state index in [4.69, 9.17) is 17.3 Å². The lowest BCUT2D eigenvalue weighted by Crippen LogP contribution is -2.50. The van der Waals surface area contributed by atoms with Crippen molar-refractivity contribution in [2.45, 2.75) is 0 Å². The molecule has 0 spiro atoms. The number of piperazine rings is 1. The Kier molecular flexibility index (Phi) is 5.03. The topological polar surface area (TPSA) is 78.7 Å². The SMILES string of the molecule is CNC(=O)CN1CCN(C(=O)c2ccc(N)c(Cl)c2)CC1. The number of hydrogen-bond donors (Lipinski definition) is 2. The number of likely N-dealkylation sites (N-methyl/N-ethyl adjacent to an activating group) is 1. The zero-order valence-electron chi connectivity index (χ0n) is 11.9. The molecule has 6 nitrogen and oxygen atoms in total. The number of halogens is 1. The van der Waals surface area contributed by atoms with Gasteiger partial charge in [0.05, 0.1) is 17.3 Å². The monoisotopic (exact) mass is 310 g/mol. The van der Waals surface area contributed by atoms with E-state index in [9.17, 15) is 9.59 Å². The first-order valence-electron chi connectivity index (χ1n) is 6.78. The second-order valence-electron chi connectivity index (χ2n) is 4.98. The van der Waals surface area contributed by atoms with Crippen molar-refractivity contribution in [3.63, 3.8) is 0 Å². The maximum Gasteiger partial charge on any atom is 0.253 e. The number of carbonyl (C=O) groups excluding carboxylic acids is 2. The summed E-state index contributed by atoms with van der Waals surface area (Å²) in [5, 5.41) is 2.98. The first kappa shape index (κ1) is 15.6. The molecule has 7 heteroatoms. The molecule has 1 aromatic rings. The molecule has 0 aliphatic carbocycles. The number of anilines is 1. The summed E-state index contributed by atoms with van der Waals surface area (Å²) in [4.78, 5) is 27.5. The van der Waals surface area contributed by atoms with Crippen molar-refractivity contribution < 1.29 is 9.59 Å². The van der Waals surface area contributed by atoms with Crippen molar-refractivity contribution in [2.24, 2.45) is 0 Å². The van der Waals surface area contributed by atoms with Gasteiger partial charge in [-0.25, -0.2) is 0 Å². The van der Waals surface area contributed by atoms with Gasteiger partial charge in [-0.3, -0.25) is 14.5 Å². The van der Waals surface area contributed by atoms with Gasteiger partial charge in [-0.15, -0.1) is 0 Å². The van der Waals surface area contributed by atoms with E-state index in [0.29, 0.717) is 49.0 Å².